The first-order valence-corrected chi connectivity index (χ1v) is 10.8. The van der Waals surface area contributed by atoms with E-state index in [1.807, 2.05) is 42.5 Å². The number of carbonyl (C=O) groups excluding carboxylic acids is 3. The Morgan fingerprint density at radius 3 is 2.24 bits per heavy atom. The number of para-hydroxylation sites is 2. The molecule has 3 amide bonds. The maximum Gasteiger partial charge on any atom is 0.266 e. The molecule has 0 radical (unpaired) electrons. The van der Waals surface area contributed by atoms with Crippen molar-refractivity contribution in [2.75, 3.05) is 15.3 Å². The Kier molecular flexibility index (Phi) is 5.36. The average molecular weight is 462 g/mol. The summed E-state index contributed by atoms with van der Waals surface area (Å²) in [4.78, 5) is 45.6. The smallest absolute Gasteiger partial charge is 0.266 e. The molecule has 0 aliphatic carbocycles. The second-order valence-corrected chi connectivity index (χ2v) is 8.33. The van der Waals surface area contributed by atoms with Gasteiger partial charge >= 0.3 is 0 Å². The van der Waals surface area contributed by atoms with Crippen molar-refractivity contribution in [3.05, 3.63) is 89.4 Å². The Labute approximate surface area is 195 Å². The van der Waals surface area contributed by atoms with E-state index in [2.05, 4.69) is 5.32 Å². The highest BCUT2D eigenvalue weighted by atomic mass is 35.5. The average Bonchev–Trinajstić information content (AvgIpc) is 3.31. The number of imide groups is 1. The fraction of sp³-hybridized carbons (Fsp3) is 0.160. The van der Waals surface area contributed by atoms with Crippen molar-refractivity contribution in [1.29, 1.82) is 0 Å². The predicted molar refractivity (Wildman–Crippen MR) is 125 cm³/mol. The largest absolute Gasteiger partial charge is 0.326 e. The van der Waals surface area contributed by atoms with Crippen LogP contribution < -0.4 is 15.3 Å². The number of fused-ring (bicyclic) bond motifs is 1. The fourth-order valence-electron chi connectivity index (χ4n) is 4.39. The topological polar surface area (TPSA) is 79.0 Å². The van der Waals surface area contributed by atoms with Gasteiger partial charge in [0.25, 0.3) is 5.91 Å². The molecule has 8 heteroatoms. The number of rotatable bonds is 4. The van der Waals surface area contributed by atoms with Crippen molar-refractivity contribution in [2.24, 2.45) is 5.92 Å². The van der Waals surface area contributed by atoms with Crippen LogP contribution in [0.2, 0.25) is 5.02 Å². The maximum atomic E-state index is 13.6. The van der Waals surface area contributed by atoms with Crippen LogP contribution in [0.3, 0.4) is 0 Å². The molecular weight excluding hydrogens is 442 g/mol. The fourth-order valence-corrected chi connectivity index (χ4v) is 4.61. The lowest BCUT2D eigenvalue weighted by atomic mass is 9.90. The van der Waals surface area contributed by atoms with Gasteiger partial charge < -0.3 is 5.32 Å². The Balaban J connectivity index is 1.56. The van der Waals surface area contributed by atoms with Gasteiger partial charge in [0.2, 0.25) is 11.8 Å². The van der Waals surface area contributed by atoms with Crippen molar-refractivity contribution in [2.45, 2.75) is 19.1 Å². The van der Waals surface area contributed by atoms with Gasteiger partial charge in [-0.2, -0.15) is 0 Å². The summed E-state index contributed by atoms with van der Waals surface area (Å²) in [6.45, 7) is 1.44. The molecule has 3 aromatic rings. The van der Waals surface area contributed by atoms with E-state index in [0.717, 1.165) is 16.2 Å². The Morgan fingerprint density at radius 2 is 1.58 bits per heavy atom. The van der Waals surface area contributed by atoms with E-state index in [1.165, 1.54) is 6.92 Å². The van der Waals surface area contributed by atoms with Gasteiger partial charge in [-0.25, -0.2) is 9.96 Å². The second kappa shape index (κ2) is 8.35. The van der Waals surface area contributed by atoms with Crippen LogP contribution in [-0.2, 0) is 19.2 Å². The third-order valence-electron chi connectivity index (χ3n) is 5.79. The van der Waals surface area contributed by atoms with Crippen LogP contribution in [0.1, 0.15) is 18.5 Å². The minimum atomic E-state index is -0.978. The lowest BCUT2D eigenvalue weighted by Gasteiger charge is -2.29. The lowest BCUT2D eigenvalue weighted by molar-refractivity contribution is -0.126. The number of halogens is 1. The van der Waals surface area contributed by atoms with E-state index < -0.39 is 24.0 Å². The molecule has 2 aliphatic rings. The Hall–Kier alpha value is -3.68. The van der Waals surface area contributed by atoms with Crippen molar-refractivity contribution in [1.82, 2.24) is 0 Å². The van der Waals surface area contributed by atoms with Gasteiger partial charge in [-0.1, -0.05) is 54.1 Å². The van der Waals surface area contributed by atoms with Gasteiger partial charge in [-0.05, 0) is 42.0 Å². The van der Waals surface area contributed by atoms with Gasteiger partial charge in [0.15, 0.2) is 6.10 Å². The molecule has 5 rings (SSSR count). The van der Waals surface area contributed by atoms with E-state index >= 15 is 0 Å². The van der Waals surface area contributed by atoms with Crippen molar-refractivity contribution in [3.8, 4) is 0 Å². The standard InChI is InChI=1S/C25H20ClN3O4/c1-15(30)27-17-13-11-16(12-14-17)22-21-23(33-29(22)18-7-3-2-4-8-18)25(32)28(24(21)31)20-10-6-5-9-19(20)26/h2-14,21-23H,1H3,(H,27,30)/t21-,22-,23-/m0/s1. The van der Waals surface area contributed by atoms with Crippen LogP contribution >= 0.6 is 11.6 Å². The van der Waals surface area contributed by atoms with Crippen LogP contribution in [0.4, 0.5) is 17.1 Å². The van der Waals surface area contributed by atoms with E-state index in [0.29, 0.717) is 16.4 Å². The number of hydrogen-bond donors (Lipinski definition) is 1. The van der Waals surface area contributed by atoms with Crippen LogP contribution in [0, 0.1) is 5.92 Å². The summed E-state index contributed by atoms with van der Waals surface area (Å²) in [5.74, 6) is -1.76. The zero-order chi connectivity index (χ0) is 23.1. The van der Waals surface area contributed by atoms with E-state index in [1.54, 1.807) is 41.5 Å². The molecule has 0 unspecified atom stereocenters. The van der Waals surface area contributed by atoms with Gasteiger partial charge in [0.05, 0.1) is 22.4 Å². The number of anilines is 3. The molecule has 3 atom stereocenters. The van der Waals surface area contributed by atoms with Gasteiger partial charge in [-0.3, -0.25) is 19.2 Å². The summed E-state index contributed by atoms with van der Waals surface area (Å²) in [5.41, 5.74) is 2.49. The Bertz CT molecular complexity index is 1230. The maximum absolute atomic E-state index is 13.6. The summed E-state index contributed by atoms with van der Waals surface area (Å²) in [6, 6.07) is 22.7. The number of nitrogens with zero attached hydrogens (tertiary/aromatic N) is 2. The molecule has 2 saturated heterocycles. The van der Waals surface area contributed by atoms with E-state index in [9.17, 15) is 14.4 Å². The molecule has 3 aromatic carbocycles. The number of hydrogen-bond acceptors (Lipinski definition) is 5. The first-order valence-electron chi connectivity index (χ1n) is 10.5. The zero-order valence-electron chi connectivity index (χ0n) is 17.6. The molecule has 1 N–H and O–H groups in total. The number of benzene rings is 3. The van der Waals surface area contributed by atoms with Gasteiger partial charge in [0.1, 0.15) is 5.92 Å². The monoisotopic (exact) mass is 461 g/mol. The molecule has 0 spiro atoms. The molecule has 166 valence electrons. The highest BCUT2D eigenvalue weighted by Crippen LogP contribution is 2.48. The minimum Gasteiger partial charge on any atom is -0.326 e. The molecule has 2 heterocycles. The molecule has 7 nitrogen and oxygen atoms in total. The lowest BCUT2D eigenvalue weighted by Crippen LogP contribution is -2.37. The SMILES string of the molecule is CC(=O)Nc1ccc([C@H]2[C@@H]3C(=O)N(c4ccccc4Cl)C(=O)[C@H]3ON2c2ccccc2)cc1. The summed E-state index contributed by atoms with van der Waals surface area (Å²) < 4.78 is 0. The highest BCUT2D eigenvalue weighted by molar-refractivity contribution is 6.36. The predicted octanol–water partition coefficient (Wildman–Crippen LogP) is 4.35. The third kappa shape index (κ3) is 3.65. The number of amides is 3. The number of nitrogens with one attached hydrogen (secondary N) is 1. The zero-order valence-corrected chi connectivity index (χ0v) is 18.4. The van der Waals surface area contributed by atoms with E-state index in [4.69, 9.17) is 16.4 Å². The van der Waals surface area contributed by atoms with E-state index in [-0.39, 0.29) is 11.8 Å². The van der Waals surface area contributed by atoms with Gasteiger partial charge in [0, 0.05) is 12.6 Å². The van der Waals surface area contributed by atoms with Crippen molar-refractivity contribution >= 4 is 46.4 Å². The summed E-state index contributed by atoms with van der Waals surface area (Å²) in [7, 11) is 0. The second-order valence-electron chi connectivity index (χ2n) is 7.92. The quantitative estimate of drug-likeness (QED) is 0.584. The summed E-state index contributed by atoms with van der Waals surface area (Å²) in [5, 5.41) is 4.68. The number of hydroxylamine groups is 1. The molecule has 33 heavy (non-hydrogen) atoms. The Morgan fingerprint density at radius 1 is 0.909 bits per heavy atom. The molecule has 2 fully saturated rings. The first-order chi connectivity index (χ1) is 16.0. The van der Waals surface area contributed by atoms with Crippen LogP contribution in [0.25, 0.3) is 0 Å². The van der Waals surface area contributed by atoms with Crippen molar-refractivity contribution in [3.63, 3.8) is 0 Å². The summed E-state index contributed by atoms with van der Waals surface area (Å²) in [6.07, 6.45) is -0.978. The molecule has 2 aliphatic heterocycles. The molecule has 0 bridgehead atoms. The molecule has 0 aromatic heterocycles. The highest BCUT2D eigenvalue weighted by Gasteiger charge is 2.60. The third-order valence-corrected chi connectivity index (χ3v) is 6.11. The first kappa shape index (κ1) is 21.2. The summed E-state index contributed by atoms with van der Waals surface area (Å²) >= 11 is 6.30. The molecular formula is C25H20ClN3O4. The molecule has 0 saturated carbocycles. The van der Waals surface area contributed by atoms with Crippen LogP contribution in [0.5, 0.6) is 0 Å². The minimum absolute atomic E-state index is 0.176. The normalized spacial score (nSPS) is 21.9. The number of carbonyl (C=O) groups is 3. The van der Waals surface area contributed by atoms with Crippen LogP contribution in [-0.4, -0.2) is 23.8 Å². The van der Waals surface area contributed by atoms with Gasteiger partial charge in [-0.15, -0.1) is 0 Å². The van der Waals surface area contributed by atoms with Crippen LogP contribution in [0.15, 0.2) is 78.9 Å². The van der Waals surface area contributed by atoms with Crippen molar-refractivity contribution < 1.29 is 19.2 Å².